The smallest absolute Gasteiger partial charge is 0.266 e. The molecule has 1 saturated carbocycles. The third-order valence-electron chi connectivity index (χ3n) is 14.2. The number of fused-ring (bicyclic) bond motifs is 2. The van der Waals surface area contributed by atoms with Crippen molar-refractivity contribution in [1.29, 1.82) is 0 Å². The van der Waals surface area contributed by atoms with Crippen LogP contribution in [0.5, 0.6) is 5.75 Å². The summed E-state index contributed by atoms with van der Waals surface area (Å²) < 4.78 is 37.0. The van der Waals surface area contributed by atoms with Crippen molar-refractivity contribution in [1.82, 2.24) is 39.3 Å². The Morgan fingerprint density at radius 2 is 1.52 bits per heavy atom. The third-order valence-corrected chi connectivity index (χ3v) is 16.1. The Bertz CT molecular complexity index is 2690. The zero-order valence-corrected chi connectivity index (χ0v) is 41.6. The van der Waals surface area contributed by atoms with Gasteiger partial charge >= 0.3 is 0 Å². The Morgan fingerprint density at radius 1 is 0.803 bits per heavy atom. The summed E-state index contributed by atoms with van der Waals surface area (Å²) in [6.45, 7) is 4.33. The van der Waals surface area contributed by atoms with Gasteiger partial charge in [0.15, 0.2) is 6.61 Å². The van der Waals surface area contributed by atoms with Gasteiger partial charge in [-0.1, -0.05) is 89.3 Å². The number of piperidine rings is 1. The van der Waals surface area contributed by atoms with Crippen molar-refractivity contribution in [2.75, 3.05) is 51.2 Å². The molecule has 4 aliphatic rings. The molecule has 1 atom stereocenters. The Labute approximate surface area is 415 Å². The fourth-order valence-corrected chi connectivity index (χ4v) is 11.6. The fourth-order valence-electron chi connectivity index (χ4n) is 10.1. The summed E-state index contributed by atoms with van der Waals surface area (Å²) >= 11 is 0. The SMILES string of the molecule is CCCCNc1ncc2c(-c3ccc(S(=O)(=O)N4CCN(C(=O)CCCCCCCCCCNC(=O)COc5cccc6c5C(=O)N(C5CCC(=O)NC5=O)C6=O)CC4)cc3)cn(C3CCCCC3)c2n1. The van der Waals surface area contributed by atoms with Gasteiger partial charge in [0.1, 0.15) is 17.4 Å². The standard InChI is InChI=1S/C52H67N9O9S/c1-2-3-27-54-52-55-33-40-41(34-60(48(40)57-52)37-16-11-10-12-17-37)36-21-23-38(24-22-36)71(68,69)59-31-29-58(30-32-59)46(64)20-13-8-6-4-5-7-9-14-28-53-45(63)35-70-43-19-15-18-39-47(43)51(67)61(50(39)66)42-25-26-44(62)56-49(42)65/h15,18-19,21-24,33-34,37,42H,2-14,16-17,20,25-32,35H2,1H3,(H,53,63)(H,54,55,57)(H,56,62,65). The molecule has 2 aromatic carbocycles. The summed E-state index contributed by atoms with van der Waals surface area (Å²) in [6, 6.07) is 10.9. The number of carbonyl (C=O) groups excluding carboxylic acids is 6. The predicted octanol–water partition coefficient (Wildman–Crippen LogP) is 6.76. The van der Waals surface area contributed by atoms with Crippen molar-refractivity contribution in [2.45, 2.75) is 139 Å². The Kier molecular flexibility index (Phi) is 17.1. The number of sulfonamides is 1. The number of imide groups is 2. The van der Waals surface area contributed by atoms with Gasteiger partial charge in [-0.25, -0.2) is 13.4 Å². The van der Waals surface area contributed by atoms with E-state index in [0.717, 1.165) is 111 Å². The summed E-state index contributed by atoms with van der Waals surface area (Å²) in [5, 5.41) is 9.32. The Balaban J connectivity index is 0.693. The molecular weight excluding hydrogens is 927 g/mol. The first-order valence-electron chi connectivity index (χ1n) is 25.7. The van der Waals surface area contributed by atoms with Gasteiger partial charge in [-0.15, -0.1) is 0 Å². The lowest BCUT2D eigenvalue weighted by atomic mass is 9.95. The number of anilines is 1. The summed E-state index contributed by atoms with van der Waals surface area (Å²) in [6.07, 6.45) is 20.1. The van der Waals surface area contributed by atoms with Crippen molar-refractivity contribution < 1.29 is 41.9 Å². The second-order valence-electron chi connectivity index (χ2n) is 19.1. The van der Waals surface area contributed by atoms with Gasteiger partial charge in [0, 0.05) is 81.5 Å². The Morgan fingerprint density at radius 3 is 2.24 bits per heavy atom. The number of benzene rings is 2. The second kappa shape index (κ2) is 23.8. The summed E-state index contributed by atoms with van der Waals surface area (Å²) in [7, 11) is -3.75. The maximum absolute atomic E-state index is 13.8. The predicted molar refractivity (Wildman–Crippen MR) is 267 cm³/mol. The van der Waals surface area contributed by atoms with Crippen molar-refractivity contribution in [3.8, 4) is 16.9 Å². The summed E-state index contributed by atoms with van der Waals surface area (Å²) in [5.41, 5.74) is 2.89. The van der Waals surface area contributed by atoms with Crippen molar-refractivity contribution in [3.05, 3.63) is 66.0 Å². The molecule has 18 nitrogen and oxygen atoms in total. The largest absolute Gasteiger partial charge is 0.483 e. The molecule has 0 spiro atoms. The van der Waals surface area contributed by atoms with Gasteiger partial charge in [-0.2, -0.15) is 9.29 Å². The van der Waals surface area contributed by atoms with E-state index in [2.05, 4.69) is 38.6 Å². The summed E-state index contributed by atoms with van der Waals surface area (Å²) in [4.78, 5) is 88.4. The first-order chi connectivity index (χ1) is 34.4. The number of nitrogens with one attached hydrogen (secondary N) is 3. The van der Waals surface area contributed by atoms with Gasteiger partial charge in [0.05, 0.1) is 16.0 Å². The molecule has 1 aliphatic carbocycles. The van der Waals surface area contributed by atoms with Crippen LogP contribution in [0, 0.1) is 0 Å². The number of hydrogen-bond donors (Lipinski definition) is 3. The average Bonchev–Trinajstić information content (AvgIpc) is 3.89. The quantitative estimate of drug-likeness (QED) is 0.0519. The molecule has 6 amide bonds. The molecule has 380 valence electrons. The number of piperazine rings is 1. The minimum absolute atomic E-state index is 0.00374. The molecule has 5 heterocycles. The van der Waals surface area contributed by atoms with Crippen LogP contribution in [-0.2, 0) is 29.2 Å². The first kappa shape index (κ1) is 51.2. The topological polar surface area (TPSA) is 222 Å². The molecule has 0 bridgehead atoms. The zero-order valence-electron chi connectivity index (χ0n) is 40.8. The van der Waals surface area contributed by atoms with Crippen LogP contribution in [0.15, 0.2) is 59.8 Å². The molecule has 4 aromatic rings. The van der Waals surface area contributed by atoms with E-state index >= 15 is 0 Å². The van der Waals surface area contributed by atoms with Crippen LogP contribution in [0.1, 0.15) is 149 Å². The van der Waals surface area contributed by atoms with Crippen LogP contribution < -0.4 is 20.7 Å². The lowest BCUT2D eigenvalue weighted by molar-refractivity contribution is -0.136. The number of nitrogens with zero attached hydrogens (tertiary/aromatic N) is 6. The lowest BCUT2D eigenvalue weighted by Gasteiger charge is -2.34. The lowest BCUT2D eigenvalue weighted by Crippen LogP contribution is -2.54. The average molecular weight is 994 g/mol. The minimum atomic E-state index is -3.75. The maximum Gasteiger partial charge on any atom is 0.266 e. The molecule has 3 N–H and O–H groups in total. The number of aromatic nitrogens is 3. The van der Waals surface area contributed by atoms with E-state index in [1.165, 1.54) is 35.7 Å². The molecule has 3 aliphatic heterocycles. The van der Waals surface area contributed by atoms with Crippen molar-refractivity contribution in [3.63, 3.8) is 0 Å². The number of rotatable bonds is 23. The second-order valence-corrected chi connectivity index (χ2v) is 21.0. The molecular formula is C52H67N9O9S. The van der Waals surface area contributed by atoms with Gasteiger partial charge in [0.2, 0.25) is 33.7 Å². The molecule has 2 aromatic heterocycles. The number of amides is 6. The number of unbranched alkanes of at least 4 members (excludes halogenated alkanes) is 8. The van der Waals surface area contributed by atoms with E-state index in [9.17, 15) is 37.2 Å². The van der Waals surface area contributed by atoms with Gasteiger partial charge in [0.25, 0.3) is 17.7 Å². The van der Waals surface area contributed by atoms with Crippen LogP contribution in [-0.4, -0.2) is 124 Å². The maximum atomic E-state index is 13.8. The molecule has 1 unspecified atom stereocenters. The Hall–Kier alpha value is -6.21. The monoisotopic (exact) mass is 993 g/mol. The minimum Gasteiger partial charge on any atom is -0.483 e. The normalized spacial score (nSPS) is 18.0. The van der Waals surface area contributed by atoms with Gasteiger partial charge in [-0.3, -0.25) is 39.0 Å². The molecule has 19 heteroatoms. The van der Waals surface area contributed by atoms with E-state index in [0.29, 0.717) is 38.0 Å². The van der Waals surface area contributed by atoms with E-state index in [1.54, 1.807) is 23.1 Å². The van der Waals surface area contributed by atoms with Crippen molar-refractivity contribution >= 4 is 62.4 Å². The highest BCUT2D eigenvalue weighted by Gasteiger charge is 2.46. The van der Waals surface area contributed by atoms with E-state index < -0.39 is 39.7 Å². The van der Waals surface area contributed by atoms with Gasteiger partial charge < -0.3 is 24.8 Å². The highest BCUT2D eigenvalue weighted by atomic mass is 32.2. The zero-order chi connectivity index (χ0) is 49.9. The van der Waals surface area contributed by atoms with Crippen LogP contribution in [0.2, 0.25) is 0 Å². The van der Waals surface area contributed by atoms with Gasteiger partial charge in [-0.05, 0) is 68.4 Å². The van der Waals surface area contributed by atoms with E-state index in [4.69, 9.17) is 9.72 Å². The van der Waals surface area contributed by atoms with Crippen LogP contribution >= 0.6 is 0 Å². The highest BCUT2D eigenvalue weighted by molar-refractivity contribution is 7.89. The highest BCUT2D eigenvalue weighted by Crippen LogP contribution is 2.38. The summed E-state index contributed by atoms with van der Waals surface area (Å²) in [5.74, 6) is -2.10. The number of hydrogen-bond acceptors (Lipinski definition) is 12. The van der Waals surface area contributed by atoms with Crippen LogP contribution in [0.4, 0.5) is 5.95 Å². The molecule has 0 radical (unpaired) electrons. The molecule has 71 heavy (non-hydrogen) atoms. The van der Waals surface area contributed by atoms with E-state index in [1.807, 2.05) is 18.3 Å². The molecule has 2 saturated heterocycles. The fraction of sp³-hybridized carbons (Fsp3) is 0.538. The van der Waals surface area contributed by atoms with Crippen LogP contribution in [0.3, 0.4) is 0 Å². The molecule has 3 fully saturated rings. The molecule has 8 rings (SSSR count). The number of ether oxygens (including phenoxy) is 1. The number of carbonyl (C=O) groups is 6. The first-order valence-corrected chi connectivity index (χ1v) is 27.1. The van der Waals surface area contributed by atoms with E-state index in [-0.39, 0.29) is 66.1 Å². The van der Waals surface area contributed by atoms with Crippen molar-refractivity contribution in [2.24, 2.45) is 0 Å². The third kappa shape index (κ3) is 12.1. The van der Waals surface area contributed by atoms with Crippen LogP contribution in [0.25, 0.3) is 22.2 Å².